The van der Waals surface area contributed by atoms with E-state index in [-0.39, 0.29) is 11.3 Å². The lowest BCUT2D eigenvalue weighted by atomic mass is 10.2. The SMILES string of the molecule is O=c1cc(-c2ccc(O)cc2)sc(=S)n1Cc1ccco1. The summed E-state index contributed by atoms with van der Waals surface area (Å²) in [7, 11) is 0. The Hall–Kier alpha value is -2.18. The molecule has 2 heterocycles. The van der Waals surface area contributed by atoms with E-state index in [2.05, 4.69) is 0 Å². The average Bonchev–Trinajstić information content (AvgIpc) is 2.96. The molecule has 21 heavy (non-hydrogen) atoms. The number of hydrogen-bond acceptors (Lipinski definition) is 5. The summed E-state index contributed by atoms with van der Waals surface area (Å²) in [5, 5.41) is 9.31. The topological polar surface area (TPSA) is 55.4 Å². The summed E-state index contributed by atoms with van der Waals surface area (Å²) >= 11 is 6.67. The van der Waals surface area contributed by atoms with Crippen LogP contribution in [0.2, 0.25) is 0 Å². The molecule has 1 N–H and O–H groups in total. The summed E-state index contributed by atoms with van der Waals surface area (Å²) in [4.78, 5) is 13.0. The zero-order valence-electron chi connectivity index (χ0n) is 10.9. The van der Waals surface area contributed by atoms with Gasteiger partial charge in [-0.1, -0.05) is 0 Å². The Kier molecular flexibility index (Phi) is 3.72. The third-order valence-corrected chi connectivity index (χ3v) is 4.42. The third-order valence-electron chi connectivity index (χ3n) is 2.98. The summed E-state index contributed by atoms with van der Waals surface area (Å²) in [6.45, 7) is 0.330. The molecule has 3 rings (SSSR count). The first-order valence-electron chi connectivity index (χ1n) is 6.20. The highest BCUT2D eigenvalue weighted by Gasteiger charge is 2.07. The molecule has 0 aliphatic rings. The van der Waals surface area contributed by atoms with Gasteiger partial charge in [-0.3, -0.25) is 9.36 Å². The normalized spacial score (nSPS) is 10.7. The first-order chi connectivity index (χ1) is 10.1. The van der Waals surface area contributed by atoms with Crippen molar-refractivity contribution in [2.24, 2.45) is 0 Å². The number of aromatic hydroxyl groups is 1. The molecular weight excluding hydrogens is 306 g/mol. The van der Waals surface area contributed by atoms with Gasteiger partial charge in [-0.05, 0) is 54.2 Å². The Labute approximate surface area is 129 Å². The van der Waals surface area contributed by atoms with Crippen LogP contribution in [0, 0.1) is 3.95 Å². The Bertz CT molecular complexity index is 830. The number of furan rings is 1. The number of phenols is 1. The van der Waals surface area contributed by atoms with Gasteiger partial charge in [-0.15, -0.1) is 11.3 Å². The molecule has 2 aromatic heterocycles. The van der Waals surface area contributed by atoms with E-state index >= 15 is 0 Å². The molecule has 0 atom stereocenters. The fourth-order valence-corrected chi connectivity index (χ4v) is 3.22. The van der Waals surface area contributed by atoms with Crippen LogP contribution in [-0.2, 0) is 6.54 Å². The van der Waals surface area contributed by atoms with Crippen LogP contribution in [0.5, 0.6) is 5.75 Å². The fourth-order valence-electron chi connectivity index (χ4n) is 1.93. The van der Waals surface area contributed by atoms with Crippen molar-refractivity contribution >= 4 is 23.6 Å². The first kappa shape index (κ1) is 13.8. The minimum Gasteiger partial charge on any atom is -0.508 e. The van der Waals surface area contributed by atoms with Gasteiger partial charge in [0.2, 0.25) is 0 Å². The van der Waals surface area contributed by atoms with Gasteiger partial charge >= 0.3 is 0 Å². The standard InChI is InChI=1S/C15H11NO3S2/c17-11-5-3-10(4-6-11)13-8-14(18)16(15(20)21-13)9-12-2-1-7-19-12/h1-8,17H,9H2. The number of aromatic nitrogens is 1. The highest BCUT2D eigenvalue weighted by atomic mass is 32.1. The van der Waals surface area contributed by atoms with Crippen LogP contribution >= 0.6 is 23.6 Å². The van der Waals surface area contributed by atoms with E-state index < -0.39 is 0 Å². The van der Waals surface area contributed by atoms with Crippen molar-refractivity contribution in [3.05, 3.63) is 68.8 Å². The summed E-state index contributed by atoms with van der Waals surface area (Å²) in [6, 6.07) is 11.8. The third kappa shape index (κ3) is 2.96. The van der Waals surface area contributed by atoms with Crippen LogP contribution in [0.15, 0.2) is 57.9 Å². The molecule has 0 saturated heterocycles. The number of benzene rings is 1. The second-order valence-electron chi connectivity index (χ2n) is 4.43. The van der Waals surface area contributed by atoms with Gasteiger partial charge in [0.05, 0.1) is 12.8 Å². The van der Waals surface area contributed by atoms with Crippen LogP contribution in [0.4, 0.5) is 0 Å². The predicted molar refractivity (Wildman–Crippen MR) is 84.3 cm³/mol. The molecule has 0 fully saturated rings. The first-order valence-corrected chi connectivity index (χ1v) is 7.43. The van der Waals surface area contributed by atoms with Gasteiger partial charge in [0, 0.05) is 10.9 Å². The van der Waals surface area contributed by atoms with Crippen LogP contribution in [0.1, 0.15) is 5.76 Å². The summed E-state index contributed by atoms with van der Waals surface area (Å²) in [5.74, 6) is 0.876. The van der Waals surface area contributed by atoms with Crippen molar-refractivity contribution in [2.75, 3.05) is 0 Å². The number of phenolic OH excluding ortho intramolecular Hbond substituents is 1. The van der Waals surface area contributed by atoms with E-state index in [1.807, 2.05) is 0 Å². The van der Waals surface area contributed by atoms with E-state index in [1.54, 1.807) is 48.7 Å². The molecule has 0 radical (unpaired) electrons. The number of hydrogen-bond donors (Lipinski definition) is 1. The van der Waals surface area contributed by atoms with Gasteiger partial charge in [0.1, 0.15) is 11.5 Å². The van der Waals surface area contributed by atoms with Crippen molar-refractivity contribution in [1.82, 2.24) is 4.57 Å². The Morgan fingerprint density at radius 1 is 1.24 bits per heavy atom. The molecule has 6 heteroatoms. The molecule has 0 aliphatic carbocycles. The van der Waals surface area contributed by atoms with Crippen LogP contribution in [0.3, 0.4) is 0 Å². The van der Waals surface area contributed by atoms with Crippen LogP contribution < -0.4 is 5.56 Å². The van der Waals surface area contributed by atoms with Gasteiger partial charge in [0.15, 0.2) is 3.95 Å². The minimum absolute atomic E-state index is 0.168. The van der Waals surface area contributed by atoms with Gasteiger partial charge in [0.25, 0.3) is 5.56 Å². The van der Waals surface area contributed by atoms with Crippen molar-refractivity contribution < 1.29 is 9.52 Å². The van der Waals surface area contributed by atoms with E-state index in [4.69, 9.17) is 16.6 Å². The summed E-state index contributed by atoms with van der Waals surface area (Å²) < 4.78 is 7.24. The van der Waals surface area contributed by atoms with Gasteiger partial charge in [-0.25, -0.2) is 0 Å². The lowest BCUT2D eigenvalue weighted by Crippen LogP contribution is -2.19. The molecule has 3 aromatic rings. The Morgan fingerprint density at radius 2 is 2.00 bits per heavy atom. The Balaban J connectivity index is 2.02. The molecule has 0 saturated carbocycles. The average molecular weight is 317 g/mol. The second kappa shape index (κ2) is 5.67. The molecule has 0 spiro atoms. The number of nitrogens with zero attached hydrogens (tertiary/aromatic N) is 1. The van der Waals surface area contributed by atoms with Crippen molar-refractivity contribution in [2.45, 2.75) is 6.54 Å². The van der Waals surface area contributed by atoms with Gasteiger partial charge in [-0.2, -0.15) is 0 Å². The second-order valence-corrected chi connectivity index (χ2v) is 6.10. The monoisotopic (exact) mass is 317 g/mol. The van der Waals surface area contributed by atoms with Crippen molar-refractivity contribution in [1.29, 1.82) is 0 Å². The molecule has 0 aliphatic heterocycles. The maximum Gasteiger partial charge on any atom is 0.254 e. The predicted octanol–water partition coefficient (Wildman–Crippen LogP) is 3.65. The maximum absolute atomic E-state index is 12.2. The van der Waals surface area contributed by atoms with E-state index in [0.29, 0.717) is 16.3 Å². The lowest BCUT2D eigenvalue weighted by molar-refractivity contribution is 0.475. The molecule has 106 valence electrons. The van der Waals surface area contributed by atoms with Crippen molar-refractivity contribution in [3.63, 3.8) is 0 Å². The summed E-state index contributed by atoms with van der Waals surface area (Å²) in [6.07, 6.45) is 1.57. The quantitative estimate of drug-likeness (QED) is 0.749. The van der Waals surface area contributed by atoms with Crippen LogP contribution in [0.25, 0.3) is 10.4 Å². The highest BCUT2D eigenvalue weighted by Crippen LogP contribution is 2.25. The van der Waals surface area contributed by atoms with E-state index in [1.165, 1.54) is 15.9 Å². The minimum atomic E-state index is -0.168. The Morgan fingerprint density at radius 3 is 2.62 bits per heavy atom. The smallest absolute Gasteiger partial charge is 0.254 e. The molecule has 1 aromatic carbocycles. The number of rotatable bonds is 3. The van der Waals surface area contributed by atoms with E-state index in [9.17, 15) is 9.90 Å². The van der Waals surface area contributed by atoms with Gasteiger partial charge < -0.3 is 9.52 Å². The largest absolute Gasteiger partial charge is 0.508 e. The van der Waals surface area contributed by atoms with E-state index in [0.717, 1.165) is 10.4 Å². The lowest BCUT2D eigenvalue weighted by Gasteiger charge is -2.06. The zero-order chi connectivity index (χ0) is 14.8. The summed E-state index contributed by atoms with van der Waals surface area (Å²) in [5.41, 5.74) is 0.685. The molecular formula is C15H11NO3S2. The fraction of sp³-hybridized carbons (Fsp3) is 0.0667. The molecule has 0 amide bonds. The molecule has 4 nitrogen and oxygen atoms in total. The molecule has 0 unspecified atom stereocenters. The zero-order valence-corrected chi connectivity index (χ0v) is 12.5. The maximum atomic E-state index is 12.2. The van der Waals surface area contributed by atoms with Crippen LogP contribution in [-0.4, -0.2) is 9.67 Å². The highest BCUT2D eigenvalue weighted by molar-refractivity contribution is 7.73. The van der Waals surface area contributed by atoms with Crippen molar-refractivity contribution in [3.8, 4) is 16.2 Å². The molecule has 0 bridgehead atoms.